The van der Waals surface area contributed by atoms with Crippen LogP contribution in [-0.2, 0) is 0 Å². The molecule has 0 N–H and O–H groups in total. The van der Waals surface area contributed by atoms with Crippen LogP contribution in [0, 0.1) is 5.92 Å². The Morgan fingerprint density at radius 3 is 2.72 bits per heavy atom. The van der Waals surface area contributed by atoms with Crippen molar-refractivity contribution in [3.8, 4) is 0 Å². The summed E-state index contributed by atoms with van der Waals surface area (Å²) in [6, 6.07) is 8.44. The van der Waals surface area contributed by atoms with Gasteiger partial charge in [-0.15, -0.1) is 0 Å². The molecule has 2 rings (SSSR count). The number of rotatable bonds is 4. The zero-order valence-corrected chi connectivity index (χ0v) is 12.0. The van der Waals surface area contributed by atoms with Crippen molar-refractivity contribution in [3.05, 3.63) is 47.0 Å². The van der Waals surface area contributed by atoms with Gasteiger partial charge in [-0.2, -0.15) is 0 Å². The van der Waals surface area contributed by atoms with E-state index in [4.69, 9.17) is 11.6 Å². The second kappa shape index (κ2) is 6.99. The van der Waals surface area contributed by atoms with Crippen LogP contribution in [0.25, 0.3) is 0 Å². The van der Waals surface area contributed by atoms with Gasteiger partial charge in [0.05, 0.1) is 0 Å². The molecule has 0 aliphatic heterocycles. The molecule has 0 radical (unpaired) electrons. The van der Waals surface area contributed by atoms with E-state index >= 15 is 0 Å². The van der Waals surface area contributed by atoms with Crippen LogP contribution < -0.4 is 0 Å². The average Bonchev–Trinajstić information content (AvgIpc) is 2.40. The predicted molar refractivity (Wildman–Crippen MR) is 80.2 cm³/mol. The first-order chi connectivity index (χ1) is 8.79. The first-order valence-electron chi connectivity index (χ1n) is 7.21. The van der Waals surface area contributed by atoms with Gasteiger partial charge in [0.25, 0.3) is 0 Å². The van der Waals surface area contributed by atoms with E-state index in [0.717, 1.165) is 16.9 Å². The molecule has 18 heavy (non-hydrogen) atoms. The second-order valence-corrected chi connectivity index (χ2v) is 5.83. The summed E-state index contributed by atoms with van der Waals surface area (Å²) in [4.78, 5) is 0. The Labute approximate surface area is 116 Å². The van der Waals surface area contributed by atoms with Crippen molar-refractivity contribution in [2.24, 2.45) is 5.92 Å². The minimum atomic E-state index is 0.729. The van der Waals surface area contributed by atoms with Crippen LogP contribution in [0.15, 0.2) is 36.4 Å². The number of hydrogen-bond donors (Lipinski definition) is 0. The molecule has 98 valence electrons. The van der Waals surface area contributed by atoms with Gasteiger partial charge in [0.2, 0.25) is 0 Å². The smallest absolute Gasteiger partial charge is 0.0406 e. The van der Waals surface area contributed by atoms with Crippen molar-refractivity contribution in [2.45, 2.75) is 51.4 Å². The number of halogens is 1. The van der Waals surface area contributed by atoms with Crippen molar-refractivity contribution in [3.63, 3.8) is 0 Å². The molecule has 2 unspecified atom stereocenters. The van der Waals surface area contributed by atoms with Crippen molar-refractivity contribution in [1.82, 2.24) is 0 Å². The monoisotopic (exact) mass is 262 g/mol. The van der Waals surface area contributed by atoms with Crippen molar-refractivity contribution in [2.75, 3.05) is 0 Å². The molecule has 1 aliphatic carbocycles. The number of hydrogen-bond acceptors (Lipinski definition) is 0. The molecule has 0 nitrogen and oxygen atoms in total. The molecule has 0 aromatic heterocycles. The Morgan fingerprint density at radius 2 is 2.00 bits per heavy atom. The lowest BCUT2D eigenvalue weighted by atomic mass is 9.78. The summed E-state index contributed by atoms with van der Waals surface area (Å²) in [5.41, 5.74) is 1.47. The van der Waals surface area contributed by atoms with E-state index in [9.17, 15) is 0 Å². The molecule has 0 saturated heterocycles. The third kappa shape index (κ3) is 3.88. The number of unbranched alkanes of at least 4 members (excludes halogenated alkanes) is 1. The summed E-state index contributed by atoms with van der Waals surface area (Å²) in [5, 5.41) is 0.842. The Hall–Kier alpha value is -0.750. The zero-order valence-electron chi connectivity index (χ0n) is 11.2. The molecular formula is C17H23Cl. The van der Waals surface area contributed by atoms with Gasteiger partial charge in [0, 0.05) is 5.02 Å². The normalized spacial score (nSPS) is 24.6. The largest absolute Gasteiger partial charge is 0.0883 e. The lowest BCUT2D eigenvalue weighted by Gasteiger charge is -2.27. The highest BCUT2D eigenvalue weighted by Gasteiger charge is 2.21. The maximum absolute atomic E-state index is 5.95. The molecule has 0 spiro atoms. The van der Waals surface area contributed by atoms with Crippen LogP contribution in [0.5, 0.6) is 0 Å². The van der Waals surface area contributed by atoms with E-state index in [0.29, 0.717) is 0 Å². The Kier molecular flexibility index (Phi) is 5.31. The van der Waals surface area contributed by atoms with Gasteiger partial charge in [0.15, 0.2) is 0 Å². The van der Waals surface area contributed by atoms with Gasteiger partial charge in [0.1, 0.15) is 0 Å². The van der Waals surface area contributed by atoms with Gasteiger partial charge in [-0.1, -0.05) is 55.7 Å². The maximum Gasteiger partial charge on any atom is 0.0406 e. The summed E-state index contributed by atoms with van der Waals surface area (Å²) in [5.74, 6) is 1.51. The fourth-order valence-electron chi connectivity index (χ4n) is 2.90. The van der Waals surface area contributed by atoms with Gasteiger partial charge in [-0.25, -0.2) is 0 Å². The molecule has 1 aliphatic rings. The van der Waals surface area contributed by atoms with Crippen LogP contribution in [-0.4, -0.2) is 0 Å². The molecule has 0 heterocycles. The number of allylic oxidation sites excluding steroid dienone is 2. The van der Waals surface area contributed by atoms with Crippen molar-refractivity contribution >= 4 is 11.6 Å². The lowest BCUT2D eigenvalue weighted by Crippen LogP contribution is -2.12. The number of benzene rings is 1. The molecular weight excluding hydrogens is 240 g/mol. The zero-order chi connectivity index (χ0) is 12.8. The summed E-state index contributed by atoms with van der Waals surface area (Å²) in [7, 11) is 0. The fraction of sp³-hybridized carbons (Fsp3) is 0.529. The molecule has 1 saturated carbocycles. The van der Waals surface area contributed by atoms with E-state index in [2.05, 4.69) is 31.2 Å². The van der Waals surface area contributed by atoms with Crippen molar-refractivity contribution < 1.29 is 0 Å². The van der Waals surface area contributed by atoms with E-state index in [1.807, 2.05) is 12.1 Å². The highest BCUT2D eigenvalue weighted by atomic mass is 35.5. The highest BCUT2D eigenvalue weighted by molar-refractivity contribution is 6.30. The van der Waals surface area contributed by atoms with Gasteiger partial charge < -0.3 is 0 Å². The fourth-order valence-corrected chi connectivity index (χ4v) is 3.02. The molecule has 1 fully saturated rings. The molecule has 1 aromatic carbocycles. The van der Waals surface area contributed by atoms with Gasteiger partial charge in [-0.05, 0) is 55.2 Å². The van der Waals surface area contributed by atoms with Crippen LogP contribution in [0.4, 0.5) is 0 Å². The van der Waals surface area contributed by atoms with Gasteiger partial charge >= 0.3 is 0 Å². The van der Waals surface area contributed by atoms with E-state index in [-0.39, 0.29) is 0 Å². The minimum absolute atomic E-state index is 0.729. The SMILES string of the molecule is CCCC=CC1CCCC(c2ccc(Cl)cc2)C1. The third-order valence-corrected chi connectivity index (χ3v) is 4.17. The Bertz CT molecular complexity index is 377. The van der Waals surface area contributed by atoms with E-state index in [1.54, 1.807) is 0 Å². The van der Waals surface area contributed by atoms with Gasteiger partial charge in [-0.3, -0.25) is 0 Å². The lowest BCUT2D eigenvalue weighted by molar-refractivity contribution is 0.372. The Morgan fingerprint density at radius 1 is 1.22 bits per heavy atom. The molecule has 2 atom stereocenters. The summed E-state index contributed by atoms with van der Waals surface area (Å²) in [6.45, 7) is 2.24. The van der Waals surface area contributed by atoms with Crippen LogP contribution in [0.3, 0.4) is 0 Å². The highest BCUT2D eigenvalue weighted by Crippen LogP contribution is 2.37. The quantitative estimate of drug-likeness (QED) is 0.587. The summed E-state index contributed by atoms with van der Waals surface area (Å²) < 4.78 is 0. The summed E-state index contributed by atoms with van der Waals surface area (Å²) in [6.07, 6.45) is 12.7. The first kappa shape index (κ1) is 13.7. The minimum Gasteiger partial charge on any atom is -0.0883 e. The molecule has 1 aromatic rings. The molecule has 0 bridgehead atoms. The maximum atomic E-state index is 5.95. The molecule has 1 heteroatoms. The van der Waals surface area contributed by atoms with Crippen LogP contribution >= 0.6 is 11.6 Å². The second-order valence-electron chi connectivity index (χ2n) is 5.39. The van der Waals surface area contributed by atoms with Crippen LogP contribution in [0.2, 0.25) is 5.02 Å². The van der Waals surface area contributed by atoms with Crippen LogP contribution in [0.1, 0.15) is 56.9 Å². The summed E-state index contributed by atoms with van der Waals surface area (Å²) >= 11 is 5.95. The molecule has 0 amide bonds. The topological polar surface area (TPSA) is 0 Å². The van der Waals surface area contributed by atoms with E-state index in [1.165, 1.54) is 44.1 Å². The first-order valence-corrected chi connectivity index (χ1v) is 7.59. The average molecular weight is 263 g/mol. The standard InChI is InChI=1S/C17H23Cl/c1-2-3-4-6-14-7-5-8-16(13-14)15-9-11-17(18)12-10-15/h4,6,9-12,14,16H,2-3,5,7-8,13H2,1H3. The third-order valence-electron chi connectivity index (χ3n) is 3.92. The van der Waals surface area contributed by atoms with E-state index < -0.39 is 0 Å². The predicted octanol–water partition coefficient (Wildman–Crippen LogP) is 5.97. The van der Waals surface area contributed by atoms with Crippen molar-refractivity contribution in [1.29, 1.82) is 0 Å². The Balaban J connectivity index is 1.95.